The van der Waals surface area contributed by atoms with Crippen molar-refractivity contribution in [2.75, 3.05) is 5.73 Å². The number of benzene rings is 1. The molecule has 0 saturated carbocycles. The zero-order valence-electron chi connectivity index (χ0n) is 10.4. The first kappa shape index (κ1) is 13.5. The van der Waals surface area contributed by atoms with Crippen LogP contribution in [0.2, 0.25) is 15.1 Å². The van der Waals surface area contributed by atoms with Crippen molar-refractivity contribution in [1.29, 1.82) is 0 Å². The van der Waals surface area contributed by atoms with E-state index in [0.29, 0.717) is 31.9 Å². The summed E-state index contributed by atoms with van der Waals surface area (Å²) in [5, 5.41) is 1.62. The number of aryl methyl sites for hydroxylation is 1. The fourth-order valence-corrected chi connectivity index (χ4v) is 2.62. The minimum Gasteiger partial charge on any atom is -0.369 e. The smallest absolute Gasteiger partial charge is 0.207 e. The number of rotatable bonds is 1. The summed E-state index contributed by atoms with van der Waals surface area (Å²) < 4.78 is 1.65. The van der Waals surface area contributed by atoms with Crippen LogP contribution in [0.4, 0.5) is 5.95 Å². The predicted octanol–water partition coefficient (Wildman–Crippen LogP) is 4.27. The number of halogens is 3. The molecule has 0 atom stereocenters. The molecule has 0 spiro atoms. The van der Waals surface area contributed by atoms with Crippen LogP contribution in [0.1, 0.15) is 5.56 Å². The third-order valence-electron chi connectivity index (χ3n) is 2.96. The minimum absolute atomic E-state index is 0.275. The Kier molecular flexibility index (Phi) is 3.24. The second kappa shape index (κ2) is 4.81. The van der Waals surface area contributed by atoms with Crippen molar-refractivity contribution in [2.24, 2.45) is 0 Å². The topological polar surface area (TPSA) is 56.7 Å². The van der Waals surface area contributed by atoms with Gasteiger partial charge in [0.15, 0.2) is 5.65 Å². The molecule has 0 aliphatic rings. The molecule has 2 N–H and O–H groups in total. The molecule has 20 heavy (non-hydrogen) atoms. The number of hydrogen-bond acceptors (Lipinski definition) is 3. The number of pyridine rings is 1. The lowest BCUT2D eigenvalue weighted by atomic mass is 10.2. The van der Waals surface area contributed by atoms with Gasteiger partial charge in [0.05, 0.1) is 15.7 Å². The molecule has 0 bridgehead atoms. The summed E-state index contributed by atoms with van der Waals surface area (Å²) in [5.41, 5.74) is 8.66. The summed E-state index contributed by atoms with van der Waals surface area (Å²) in [7, 11) is 0. The molecule has 3 aromatic rings. The Morgan fingerprint density at radius 3 is 2.60 bits per heavy atom. The van der Waals surface area contributed by atoms with Crippen LogP contribution in [0.25, 0.3) is 16.9 Å². The summed E-state index contributed by atoms with van der Waals surface area (Å²) in [5.74, 6) is 0.275. The van der Waals surface area contributed by atoms with Crippen molar-refractivity contribution in [3.05, 3.63) is 45.0 Å². The van der Waals surface area contributed by atoms with Crippen LogP contribution >= 0.6 is 34.8 Å². The summed E-state index contributed by atoms with van der Waals surface area (Å²) >= 11 is 18.3. The molecule has 0 amide bonds. The number of imidazole rings is 1. The molecule has 3 rings (SSSR count). The average molecular weight is 328 g/mol. The van der Waals surface area contributed by atoms with E-state index in [1.165, 1.54) is 6.20 Å². The largest absolute Gasteiger partial charge is 0.369 e. The van der Waals surface area contributed by atoms with Crippen LogP contribution in [-0.4, -0.2) is 14.5 Å². The van der Waals surface area contributed by atoms with E-state index in [2.05, 4.69) is 9.97 Å². The van der Waals surface area contributed by atoms with Gasteiger partial charge in [-0.05, 0) is 30.7 Å². The number of nitrogens with zero attached hydrogens (tertiary/aromatic N) is 3. The molecule has 2 aromatic heterocycles. The first-order chi connectivity index (χ1) is 9.47. The zero-order chi connectivity index (χ0) is 14.4. The maximum absolute atomic E-state index is 6.28. The fourth-order valence-electron chi connectivity index (χ4n) is 2.00. The zero-order valence-corrected chi connectivity index (χ0v) is 12.6. The quantitative estimate of drug-likeness (QED) is 0.726. The van der Waals surface area contributed by atoms with Crippen LogP contribution < -0.4 is 5.73 Å². The van der Waals surface area contributed by atoms with E-state index >= 15 is 0 Å². The fraction of sp³-hybridized carbons (Fsp3) is 0.0769. The van der Waals surface area contributed by atoms with Gasteiger partial charge in [-0.1, -0.05) is 34.8 Å². The maximum atomic E-state index is 6.28. The highest BCUT2D eigenvalue weighted by Crippen LogP contribution is 2.31. The van der Waals surface area contributed by atoms with Crippen molar-refractivity contribution >= 4 is 51.9 Å². The van der Waals surface area contributed by atoms with E-state index in [9.17, 15) is 0 Å². The lowest BCUT2D eigenvalue weighted by Gasteiger charge is -2.10. The van der Waals surface area contributed by atoms with Gasteiger partial charge in [-0.25, -0.2) is 9.97 Å². The monoisotopic (exact) mass is 326 g/mol. The number of hydrogen-bond donors (Lipinski definition) is 1. The molecule has 7 heteroatoms. The van der Waals surface area contributed by atoms with Crippen LogP contribution in [0.15, 0.2) is 24.4 Å². The van der Waals surface area contributed by atoms with E-state index in [1.54, 1.807) is 22.8 Å². The van der Waals surface area contributed by atoms with Gasteiger partial charge >= 0.3 is 0 Å². The Bertz CT molecular complexity index is 826. The van der Waals surface area contributed by atoms with Gasteiger partial charge < -0.3 is 5.73 Å². The molecule has 0 fully saturated rings. The Morgan fingerprint density at radius 1 is 1.10 bits per heavy atom. The number of fused-ring (bicyclic) bond motifs is 1. The molecule has 1 aromatic carbocycles. The molecule has 0 radical (unpaired) electrons. The average Bonchev–Trinajstić information content (AvgIpc) is 2.69. The second-order valence-electron chi connectivity index (χ2n) is 4.35. The van der Waals surface area contributed by atoms with Crippen molar-refractivity contribution < 1.29 is 0 Å². The SMILES string of the molecule is Cc1cc(Cl)c(-n2c(N)nc3cc(Cl)cnc32)cc1Cl. The molecule has 102 valence electrons. The van der Waals surface area contributed by atoms with Gasteiger partial charge in [0.1, 0.15) is 5.52 Å². The van der Waals surface area contributed by atoms with Crippen LogP contribution in [0.3, 0.4) is 0 Å². The van der Waals surface area contributed by atoms with Crippen LogP contribution in [0.5, 0.6) is 0 Å². The van der Waals surface area contributed by atoms with Gasteiger partial charge in [0, 0.05) is 11.2 Å². The second-order valence-corrected chi connectivity index (χ2v) is 5.61. The highest BCUT2D eigenvalue weighted by molar-refractivity contribution is 6.35. The Labute approximate surface area is 130 Å². The van der Waals surface area contributed by atoms with Crippen molar-refractivity contribution in [3.8, 4) is 5.69 Å². The summed E-state index contributed by atoms with van der Waals surface area (Å²) in [6.07, 6.45) is 1.53. The molecule has 2 heterocycles. The van der Waals surface area contributed by atoms with Gasteiger partial charge in [-0.3, -0.25) is 4.57 Å². The number of nitrogen functional groups attached to an aromatic ring is 1. The van der Waals surface area contributed by atoms with Crippen molar-refractivity contribution in [1.82, 2.24) is 14.5 Å². The number of nitrogens with two attached hydrogens (primary N) is 1. The van der Waals surface area contributed by atoms with Crippen molar-refractivity contribution in [3.63, 3.8) is 0 Å². The number of aromatic nitrogens is 3. The van der Waals surface area contributed by atoms with Gasteiger partial charge in [0.25, 0.3) is 0 Å². The lowest BCUT2D eigenvalue weighted by molar-refractivity contribution is 1.08. The van der Waals surface area contributed by atoms with E-state index in [4.69, 9.17) is 40.5 Å². The molecular weight excluding hydrogens is 319 g/mol. The molecule has 0 aliphatic carbocycles. The van der Waals surface area contributed by atoms with E-state index in [1.807, 2.05) is 6.92 Å². The summed E-state index contributed by atoms with van der Waals surface area (Å²) in [6.45, 7) is 1.88. The predicted molar refractivity (Wildman–Crippen MR) is 83.0 cm³/mol. The first-order valence-electron chi connectivity index (χ1n) is 5.73. The summed E-state index contributed by atoms with van der Waals surface area (Å²) in [6, 6.07) is 5.22. The van der Waals surface area contributed by atoms with Crippen LogP contribution in [-0.2, 0) is 0 Å². The lowest BCUT2D eigenvalue weighted by Crippen LogP contribution is -2.02. The van der Waals surface area contributed by atoms with Crippen molar-refractivity contribution in [2.45, 2.75) is 6.92 Å². The van der Waals surface area contributed by atoms with Crippen LogP contribution in [0, 0.1) is 6.92 Å². The third kappa shape index (κ3) is 2.10. The molecule has 4 nitrogen and oxygen atoms in total. The van der Waals surface area contributed by atoms with E-state index < -0.39 is 0 Å². The molecular formula is C13H9Cl3N4. The Morgan fingerprint density at radius 2 is 1.85 bits per heavy atom. The van der Waals surface area contributed by atoms with E-state index in [0.717, 1.165) is 5.56 Å². The van der Waals surface area contributed by atoms with Gasteiger partial charge in [-0.15, -0.1) is 0 Å². The highest BCUT2D eigenvalue weighted by Gasteiger charge is 2.15. The molecule has 0 saturated heterocycles. The Balaban J connectivity index is 2.35. The minimum atomic E-state index is 0.275. The Hall–Kier alpha value is -1.49. The summed E-state index contributed by atoms with van der Waals surface area (Å²) in [4.78, 5) is 8.49. The van der Waals surface area contributed by atoms with E-state index in [-0.39, 0.29) is 5.95 Å². The first-order valence-corrected chi connectivity index (χ1v) is 6.86. The standard InChI is InChI=1S/C13H9Cl3N4/c1-6-2-9(16)11(4-8(6)15)20-12-10(19-13(20)17)3-7(14)5-18-12/h2-5H,1H3,(H2,17,19). The van der Waals surface area contributed by atoms with Gasteiger partial charge in [-0.2, -0.15) is 0 Å². The molecule has 0 unspecified atom stereocenters. The highest BCUT2D eigenvalue weighted by atomic mass is 35.5. The maximum Gasteiger partial charge on any atom is 0.207 e. The van der Waals surface area contributed by atoms with Gasteiger partial charge in [0.2, 0.25) is 5.95 Å². The molecule has 0 aliphatic heterocycles. The normalized spacial score (nSPS) is 11.2. The third-order valence-corrected chi connectivity index (χ3v) is 3.88. The number of anilines is 1.